The molecule has 1 aromatic heterocycles. The summed E-state index contributed by atoms with van der Waals surface area (Å²) in [7, 11) is -3.83. The van der Waals surface area contributed by atoms with Gasteiger partial charge in [-0.1, -0.05) is 17.3 Å². The van der Waals surface area contributed by atoms with Gasteiger partial charge in [0.05, 0.1) is 16.0 Å². The van der Waals surface area contributed by atoms with Gasteiger partial charge >= 0.3 is 0 Å². The molecule has 7 nitrogen and oxygen atoms in total. The van der Waals surface area contributed by atoms with Crippen LogP contribution < -0.4 is 4.72 Å². The molecular formula is C20H21N3O4S. The summed E-state index contributed by atoms with van der Waals surface area (Å²) >= 11 is 0. The zero-order valence-corrected chi connectivity index (χ0v) is 16.5. The molecule has 0 saturated carbocycles. The highest BCUT2D eigenvalue weighted by Crippen LogP contribution is 2.27. The van der Waals surface area contributed by atoms with Gasteiger partial charge in [0.1, 0.15) is 0 Å². The fraction of sp³-hybridized carbons (Fsp3) is 0.300. The van der Waals surface area contributed by atoms with Gasteiger partial charge in [0.2, 0.25) is 0 Å². The normalized spacial score (nSPS) is 14.6. The van der Waals surface area contributed by atoms with Crippen LogP contribution >= 0.6 is 0 Å². The molecule has 0 unspecified atom stereocenters. The van der Waals surface area contributed by atoms with Crippen molar-refractivity contribution in [2.45, 2.75) is 31.6 Å². The van der Waals surface area contributed by atoms with Gasteiger partial charge in [-0.25, -0.2) is 8.42 Å². The number of aryl methyl sites for hydroxylation is 2. The number of nitrogens with zero attached hydrogens (tertiary/aromatic N) is 2. The monoisotopic (exact) mass is 399 g/mol. The number of likely N-dealkylation sites (tertiary alicyclic amines) is 1. The highest BCUT2D eigenvalue weighted by Gasteiger charge is 2.26. The van der Waals surface area contributed by atoms with Crippen molar-refractivity contribution in [2.75, 3.05) is 17.8 Å². The Bertz CT molecular complexity index is 1160. The molecule has 1 fully saturated rings. The lowest BCUT2D eigenvalue weighted by Crippen LogP contribution is -2.28. The van der Waals surface area contributed by atoms with E-state index in [1.165, 1.54) is 18.2 Å². The smallest absolute Gasteiger partial charge is 0.276 e. The molecule has 1 saturated heterocycles. The van der Waals surface area contributed by atoms with Crippen molar-refractivity contribution in [3.63, 3.8) is 0 Å². The lowest BCUT2D eigenvalue weighted by molar-refractivity contribution is 0.0784. The largest absolute Gasteiger partial charge is 0.355 e. The Balaban J connectivity index is 1.71. The van der Waals surface area contributed by atoms with Gasteiger partial charge in [0, 0.05) is 13.1 Å². The van der Waals surface area contributed by atoms with Crippen LogP contribution in [0.3, 0.4) is 0 Å². The Morgan fingerprint density at radius 2 is 1.86 bits per heavy atom. The Labute approximate surface area is 163 Å². The van der Waals surface area contributed by atoms with Gasteiger partial charge in [-0.3, -0.25) is 9.52 Å². The van der Waals surface area contributed by atoms with Crippen LogP contribution in [0.2, 0.25) is 0 Å². The third-order valence-electron chi connectivity index (χ3n) is 4.98. The van der Waals surface area contributed by atoms with E-state index in [0.717, 1.165) is 24.0 Å². The number of aromatic nitrogens is 1. The standard InChI is InChI=1S/C20H21N3O4S/c1-13-5-6-14(2)17(11-13)22-28(25,26)15-7-8-18-16(12-15)19(21-27-18)20(24)23-9-3-4-10-23/h5-8,11-12,22H,3-4,9-10H2,1-2H3. The maximum atomic E-state index is 12.9. The van der Waals surface area contributed by atoms with Gasteiger partial charge < -0.3 is 9.42 Å². The number of benzene rings is 2. The molecule has 1 aliphatic rings. The maximum absolute atomic E-state index is 12.9. The van der Waals surface area contributed by atoms with Crippen LogP contribution in [0.25, 0.3) is 11.0 Å². The number of sulfonamides is 1. The zero-order chi connectivity index (χ0) is 19.9. The Morgan fingerprint density at radius 1 is 1.11 bits per heavy atom. The van der Waals surface area contributed by atoms with Crippen LogP contribution in [0, 0.1) is 13.8 Å². The first-order valence-electron chi connectivity index (χ1n) is 9.14. The quantitative estimate of drug-likeness (QED) is 0.725. The molecule has 0 atom stereocenters. The molecule has 28 heavy (non-hydrogen) atoms. The summed E-state index contributed by atoms with van der Waals surface area (Å²) < 4.78 is 33.7. The van der Waals surface area contributed by atoms with E-state index in [-0.39, 0.29) is 16.5 Å². The fourth-order valence-corrected chi connectivity index (χ4v) is 4.51. The minimum Gasteiger partial charge on any atom is -0.355 e. The number of carbonyl (C=O) groups excluding carboxylic acids is 1. The Hall–Kier alpha value is -2.87. The number of anilines is 1. The third kappa shape index (κ3) is 3.35. The highest BCUT2D eigenvalue weighted by molar-refractivity contribution is 7.92. The summed E-state index contributed by atoms with van der Waals surface area (Å²) in [5, 5.41) is 4.29. The van der Waals surface area contributed by atoms with E-state index in [4.69, 9.17) is 4.52 Å². The second kappa shape index (κ2) is 6.94. The fourth-order valence-electron chi connectivity index (χ4n) is 3.36. The van der Waals surface area contributed by atoms with Crippen molar-refractivity contribution < 1.29 is 17.7 Å². The van der Waals surface area contributed by atoms with Crippen molar-refractivity contribution in [2.24, 2.45) is 0 Å². The van der Waals surface area contributed by atoms with Crippen LogP contribution in [0.1, 0.15) is 34.5 Å². The topological polar surface area (TPSA) is 92.5 Å². The second-order valence-corrected chi connectivity index (χ2v) is 8.79. The number of nitrogens with one attached hydrogen (secondary N) is 1. The number of carbonyl (C=O) groups is 1. The average Bonchev–Trinajstić information content (AvgIpc) is 3.33. The van der Waals surface area contributed by atoms with Gasteiger partial charge in [-0.05, 0) is 62.1 Å². The molecule has 1 amide bonds. The summed E-state index contributed by atoms with van der Waals surface area (Å²) in [6.07, 6.45) is 1.92. The first kappa shape index (κ1) is 18.5. The van der Waals surface area contributed by atoms with Crippen molar-refractivity contribution in [1.29, 1.82) is 0 Å². The van der Waals surface area contributed by atoms with Crippen molar-refractivity contribution in [3.05, 3.63) is 53.2 Å². The van der Waals surface area contributed by atoms with Gasteiger partial charge in [0.25, 0.3) is 15.9 Å². The molecule has 0 spiro atoms. The Kier molecular flexibility index (Phi) is 4.58. The maximum Gasteiger partial charge on any atom is 0.276 e. The molecule has 2 aromatic carbocycles. The molecular weight excluding hydrogens is 378 g/mol. The highest BCUT2D eigenvalue weighted by atomic mass is 32.2. The second-order valence-electron chi connectivity index (χ2n) is 7.11. The van der Waals surface area contributed by atoms with Crippen molar-refractivity contribution >= 4 is 32.6 Å². The number of fused-ring (bicyclic) bond motifs is 1. The summed E-state index contributed by atoms with van der Waals surface area (Å²) in [6.45, 7) is 5.10. The summed E-state index contributed by atoms with van der Waals surface area (Å²) in [5.41, 5.74) is 2.84. The minimum atomic E-state index is -3.83. The van der Waals surface area contributed by atoms with Crippen LogP contribution in [0.15, 0.2) is 45.8 Å². The van der Waals surface area contributed by atoms with Crippen molar-refractivity contribution in [1.82, 2.24) is 10.1 Å². The van der Waals surface area contributed by atoms with Crippen LogP contribution in [-0.4, -0.2) is 37.5 Å². The van der Waals surface area contributed by atoms with Gasteiger partial charge in [-0.15, -0.1) is 0 Å². The van der Waals surface area contributed by atoms with E-state index < -0.39 is 10.0 Å². The minimum absolute atomic E-state index is 0.0552. The molecule has 146 valence electrons. The van der Waals surface area contributed by atoms with E-state index in [1.54, 1.807) is 11.0 Å². The first-order valence-corrected chi connectivity index (χ1v) is 10.6. The molecule has 1 N–H and O–H groups in total. The van der Waals surface area contributed by atoms with Gasteiger partial charge in [0.15, 0.2) is 11.3 Å². The summed E-state index contributed by atoms with van der Waals surface area (Å²) in [5.74, 6) is -0.228. The predicted molar refractivity (Wildman–Crippen MR) is 106 cm³/mol. The number of hydrogen-bond donors (Lipinski definition) is 1. The first-order chi connectivity index (χ1) is 13.3. The van der Waals surface area contributed by atoms with E-state index in [0.29, 0.717) is 29.7 Å². The van der Waals surface area contributed by atoms with Crippen LogP contribution in [0.5, 0.6) is 0 Å². The molecule has 1 aliphatic heterocycles. The van der Waals surface area contributed by atoms with Gasteiger partial charge in [-0.2, -0.15) is 0 Å². The summed E-state index contributed by atoms with van der Waals surface area (Å²) in [4.78, 5) is 14.5. The van der Waals surface area contributed by atoms with Crippen LogP contribution in [-0.2, 0) is 10.0 Å². The zero-order valence-electron chi connectivity index (χ0n) is 15.7. The molecule has 8 heteroatoms. The Morgan fingerprint density at radius 3 is 2.61 bits per heavy atom. The van der Waals surface area contributed by atoms with E-state index in [2.05, 4.69) is 9.88 Å². The lowest BCUT2D eigenvalue weighted by atomic mass is 10.1. The average molecular weight is 399 g/mol. The predicted octanol–water partition coefficient (Wildman–Crippen LogP) is 3.48. The van der Waals surface area contributed by atoms with E-state index in [9.17, 15) is 13.2 Å². The molecule has 2 heterocycles. The molecule has 0 radical (unpaired) electrons. The lowest BCUT2D eigenvalue weighted by Gasteiger charge is -2.13. The molecule has 0 bridgehead atoms. The molecule has 0 aliphatic carbocycles. The number of hydrogen-bond acceptors (Lipinski definition) is 5. The van der Waals surface area contributed by atoms with Crippen LogP contribution in [0.4, 0.5) is 5.69 Å². The summed E-state index contributed by atoms with van der Waals surface area (Å²) in [6, 6.07) is 10.00. The van der Waals surface area contributed by atoms with Crippen molar-refractivity contribution in [3.8, 4) is 0 Å². The molecule has 3 aromatic rings. The van der Waals surface area contributed by atoms with E-state index >= 15 is 0 Å². The third-order valence-corrected chi connectivity index (χ3v) is 6.35. The SMILES string of the molecule is Cc1ccc(C)c(NS(=O)(=O)c2ccc3onc(C(=O)N4CCCC4)c3c2)c1. The molecule has 4 rings (SSSR count). The van der Waals surface area contributed by atoms with E-state index in [1.807, 2.05) is 26.0 Å². The number of rotatable bonds is 4. The number of amides is 1.